The monoisotopic (exact) mass is 488 g/mol. The number of nitrogens with zero attached hydrogens (tertiary/aromatic N) is 3. The van der Waals surface area contributed by atoms with Crippen LogP contribution in [0.25, 0.3) is 10.2 Å². The number of primary amides is 1. The number of nitrogens with two attached hydrogens (primary N) is 1. The van der Waals surface area contributed by atoms with Crippen LogP contribution in [-0.2, 0) is 21.4 Å². The second kappa shape index (κ2) is 9.46. The van der Waals surface area contributed by atoms with Crippen molar-refractivity contribution >= 4 is 43.4 Å². The number of hydrogen-bond acceptors (Lipinski definition) is 7. The maximum absolute atomic E-state index is 12.8. The standard InChI is InChI=1S/C22H24N4O5S2/c1-25(13-20-24-17-6-2-3-7-19(17)32-20)21(27)14-31-18-9-8-15(12-16(18)22(23)28)33(29,30)26-10-4-5-11-26/h2-3,6-9,12H,4-5,10-11,13-14H2,1H3,(H2,23,28). The average Bonchev–Trinajstić information content (AvgIpc) is 3.47. The van der Waals surface area contributed by atoms with Crippen LogP contribution in [0.1, 0.15) is 28.2 Å². The topological polar surface area (TPSA) is 123 Å². The molecule has 0 aliphatic carbocycles. The van der Waals surface area contributed by atoms with Gasteiger partial charge in [-0.15, -0.1) is 11.3 Å². The molecule has 0 radical (unpaired) electrons. The first-order valence-corrected chi connectivity index (χ1v) is 12.7. The molecule has 0 atom stereocenters. The van der Waals surface area contributed by atoms with E-state index >= 15 is 0 Å². The largest absolute Gasteiger partial charge is 0.483 e. The normalized spacial score (nSPS) is 14.5. The summed E-state index contributed by atoms with van der Waals surface area (Å²) >= 11 is 1.51. The molecule has 0 unspecified atom stereocenters. The number of amides is 2. The Morgan fingerprint density at radius 1 is 1.18 bits per heavy atom. The van der Waals surface area contributed by atoms with E-state index in [1.807, 2.05) is 24.3 Å². The van der Waals surface area contributed by atoms with Gasteiger partial charge >= 0.3 is 0 Å². The molecule has 1 aliphatic rings. The Morgan fingerprint density at radius 2 is 1.91 bits per heavy atom. The van der Waals surface area contributed by atoms with E-state index in [0.717, 1.165) is 28.1 Å². The van der Waals surface area contributed by atoms with Gasteiger partial charge in [0, 0.05) is 20.1 Å². The van der Waals surface area contributed by atoms with Crippen molar-refractivity contribution in [1.82, 2.24) is 14.2 Å². The van der Waals surface area contributed by atoms with Gasteiger partial charge < -0.3 is 15.4 Å². The molecule has 2 amide bonds. The molecule has 4 rings (SSSR count). The van der Waals surface area contributed by atoms with E-state index in [1.165, 1.54) is 38.7 Å². The minimum Gasteiger partial charge on any atom is -0.483 e. The molecule has 1 aliphatic heterocycles. The van der Waals surface area contributed by atoms with Crippen molar-refractivity contribution < 1.29 is 22.7 Å². The Kier molecular flexibility index (Phi) is 6.63. The number of para-hydroxylation sites is 1. The number of carbonyl (C=O) groups excluding carboxylic acids is 2. The number of sulfonamides is 1. The quantitative estimate of drug-likeness (QED) is 0.519. The summed E-state index contributed by atoms with van der Waals surface area (Å²) in [7, 11) is -2.08. The number of aromatic nitrogens is 1. The summed E-state index contributed by atoms with van der Waals surface area (Å²) in [5, 5.41) is 0.793. The third kappa shape index (κ3) is 5.00. The molecular weight excluding hydrogens is 464 g/mol. The smallest absolute Gasteiger partial charge is 0.260 e. The Morgan fingerprint density at radius 3 is 2.61 bits per heavy atom. The lowest BCUT2D eigenvalue weighted by molar-refractivity contribution is -0.132. The number of fused-ring (bicyclic) bond motifs is 1. The fourth-order valence-electron chi connectivity index (χ4n) is 3.59. The van der Waals surface area contributed by atoms with E-state index < -0.39 is 15.9 Å². The number of carbonyl (C=O) groups is 2. The van der Waals surface area contributed by atoms with Crippen LogP contribution < -0.4 is 10.5 Å². The second-order valence-electron chi connectivity index (χ2n) is 7.75. The van der Waals surface area contributed by atoms with Gasteiger partial charge in [-0.3, -0.25) is 9.59 Å². The van der Waals surface area contributed by atoms with Gasteiger partial charge in [0.05, 0.1) is 27.2 Å². The first kappa shape index (κ1) is 23.1. The van der Waals surface area contributed by atoms with Gasteiger partial charge in [-0.2, -0.15) is 4.31 Å². The highest BCUT2D eigenvalue weighted by Gasteiger charge is 2.28. The highest BCUT2D eigenvalue weighted by atomic mass is 32.2. The van der Waals surface area contributed by atoms with Gasteiger partial charge in [-0.05, 0) is 43.2 Å². The van der Waals surface area contributed by atoms with E-state index in [-0.39, 0.29) is 28.7 Å². The number of ether oxygens (including phenoxy) is 1. The Hall–Kier alpha value is -3.02. The minimum absolute atomic E-state index is 0.0233. The van der Waals surface area contributed by atoms with E-state index in [0.29, 0.717) is 19.6 Å². The second-order valence-corrected chi connectivity index (χ2v) is 10.8. The lowest BCUT2D eigenvalue weighted by Gasteiger charge is -2.18. The van der Waals surface area contributed by atoms with Crippen molar-refractivity contribution in [2.75, 3.05) is 26.7 Å². The molecule has 174 valence electrons. The molecule has 1 saturated heterocycles. The highest BCUT2D eigenvalue weighted by molar-refractivity contribution is 7.89. The van der Waals surface area contributed by atoms with Crippen LogP contribution in [0.3, 0.4) is 0 Å². The Bertz CT molecular complexity index is 1270. The lowest BCUT2D eigenvalue weighted by atomic mass is 10.2. The fraction of sp³-hybridized carbons (Fsp3) is 0.318. The predicted octanol–water partition coefficient (Wildman–Crippen LogP) is 2.22. The highest BCUT2D eigenvalue weighted by Crippen LogP contribution is 2.27. The number of rotatable bonds is 8. The molecule has 11 heteroatoms. The van der Waals surface area contributed by atoms with Crippen LogP contribution in [0.15, 0.2) is 47.4 Å². The third-order valence-corrected chi connectivity index (χ3v) is 8.32. The first-order chi connectivity index (χ1) is 15.8. The maximum atomic E-state index is 12.8. The van der Waals surface area contributed by atoms with Crippen molar-refractivity contribution in [3.63, 3.8) is 0 Å². The molecular formula is C22H24N4O5S2. The van der Waals surface area contributed by atoms with Crippen molar-refractivity contribution in [2.24, 2.45) is 5.73 Å². The van der Waals surface area contributed by atoms with Gasteiger partial charge in [-0.1, -0.05) is 12.1 Å². The number of thiazole rings is 1. The molecule has 2 aromatic carbocycles. The molecule has 2 N–H and O–H groups in total. The molecule has 1 fully saturated rings. The van der Waals surface area contributed by atoms with Crippen molar-refractivity contribution in [3.8, 4) is 5.75 Å². The first-order valence-electron chi connectivity index (χ1n) is 10.4. The van der Waals surface area contributed by atoms with Crippen LogP contribution in [0.5, 0.6) is 5.75 Å². The molecule has 1 aromatic heterocycles. The predicted molar refractivity (Wildman–Crippen MR) is 125 cm³/mol. The van der Waals surface area contributed by atoms with Crippen LogP contribution in [0.4, 0.5) is 0 Å². The van der Waals surface area contributed by atoms with E-state index in [9.17, 15) is 18.0 Å². The Labute approximate surface area is 195 Å². The SMILES string of the molecule is CN(Cc1nc2ccccc2s1)C(=O)COc1ccc(S(=O)(=O)N2CCCC2)cc1C(N)=O. The molecule has 9 nitrogen and oxygen atoms in total. The summed E-state index contributed by atoms with van der Waals surface area (Å²) in [5.41, 5.74) is 6.25. The van der Waals surface area contributed by atoms with Crippen molar-refractivity contribution in [3.05, 3.63) is 53.0 Å². The van der Waals surface area contributed by atoms with E-state index in [1.54, 1.807) is 7.05 Å². The average molecular weight is 489 g/mol. The van der Waals surface area contributed by atoms with Gasteiger partial charge in [0.25, 0.3) is 11.8 Å². The van der Waals surface area contributed by atoms with Gasteiger partial charge in [-0.25, -0.2) is 13.4 Å². The summed E-state index contributed by atoms with van der Waals surface area (Å²) in [6.07, 6.45) is 1.60. The molecule has 0 saturated carbocycles. The zero-order valence-electron chi connectivity index (χ0n) is 18.1. The van der Waals surface area contributed by atoms with E-state index in [4.69, 9.17) is 10.5 Å². The Balaban J connectivity index is 1.44. The number of likely N-dealkylation sites (N-methyl/N-ethyl adjacent to an activating group) is 1. The zero-order valence-corrected chi connectivity index (χ0v) is 19.7. The zero-order chi connectivity index (χ0) is 23.6. The summed E-state index contributed by atoms with van der Waals surface area (Å²) < 4.78 is 33.5. The summed E-state index contributed by atoms with van der Waals surface area (Å²) in [6.45, 7) is 0.876. The number of hydrogen-bond donors (Lipinski definition) is 1. The van der Waals surface area contributed by atoms with Crippen molar-refractivity contribution in [1.29, 1.82) is 0 Å². The molecule has 0 spiro atoms. The van der Waals surface area contributed by atoms with Crippen LogP contribution >= 0.6 is 11.3 Å². The van der Waals surface area contributed by atoms with Crippen LogP contribution in [-0.4, -0.2) is 61.2 Å². The molecule has 33 heavy (non-hydrogen) atoms. The molecule has 3 aromatic rings. The fourth-order valence-corrected chi connectivity index (χ4v) is 6.16. The molecule has 2 heterocycles. The van der Waals surface area contributed by atoms with Gasteiger partial charge in [0.15, 0.2) is 6.61 Å². The third-order valence-electron chi connectivity index (χ3n) is 5.41. The summed E-state index contributed by atoms with van der Waals surface area (Å²) in [6, 6.07) is 11.7. The summed E-state index contributed by atoms with van der Waals surface area (Å²) in [5.74, 6) is -1.10. The van der Waals surface area contributed by atoms with Crippen LogP contribution in [0, 0.1) is 0 Å². The lowest BCUT2D eigenvalue weighted by Crippen LogP contribution is -2.31. The maximum Gasteiger partial charge on any atom is 0.260 e. The minimum atomic E-state index is -3.71. The van der Waals surface area contributed by atoms with Gasteiger partial charge in [0.1, 0.15) is 10.8 Å². The van der Waals surface area contributed by atoms with Gasteiger partial charge in [0.2, 0.25) is 10.0 Å². The van der Waals surface area contributed by atoms with Crippen molar-refractivity contribution in [2.45, 2.75) is 24.3 Å². The van der Waals surface area contributed by atoms with Crippen LogP contribution in [0.2, 0.25) is 0 Å². The summed E-state index contributed by atoms with van der Waals surface area (Å²) in [4.78, 5) is 30.5. The molecule has 0 bridgehead atoms. The number of benzene rings is 2. The van der Waals surface area contributed by atoms with E-state index in [2.05, 4.69) is 4.98 Å².